The number of hydrogen-bond acceptors (Lipinski definition) is 12. The Morgan fingerprint density at radius 1 is 0.159 bits per heavy atom. The van der Waals surface area contributed by atoms with E-state index in [1.165, 1.54) is 0 Å². The molecule has 0 spiro atoms. The summed E-state index contributed by atoms with van der Waals surface area (Å²) in [6, 6.07) is 0. The Bertz CT molecular complexity index is 1680. The number of imidazole rings is 13. The summed E-state index contributed by atoms with van der Waals surface area (Å²) in [6.07, 6.45) is 70.1. The van der Waals surface area contributed by atoms with Crippen molar-refractivity contribution in [2.45, 2.75) is 0 Å². The lowest BCUT2D eigenvalue weighted by Gasteiger charge is -2.35. The Hall–Kier alpha value is -10.6. The fourth-order valence-corrected chi connectivity index (χ4v) is 3.13. The number of aromatic amines is 26. The Morgan fingerprint density at radius 3 is 0.232 bits per heavy atom. The third kappa shape index (κ3) is 110. The van der Waals surface area contributed by atoms with E-state index < -0.39 is 29.3 Å². The van der Waals surface area contributed by atoms with Crippen LogP contribution in [0.5, 0.6) is 0 Å². The molecule has 13 aromatic rings. The van der Waals surface area contributed by atoms with Crippen molar-refractivity contribution in [3.05, 3.63) is 243 Å². The summed E-state index contributed by atoms with van der Waals surface area (Å²) in [5, 5.41) is 101. The Morgan fingerprint density at radius 2 is 0.220 bits per heavy atom. The van der Waals surface area contributed by atoms with Crippen LogP contribution in [0.15, 0.2) is 243 Å². The molecule has 13 rings (SSSR count). The first-order chi connectivity index (χ1) is 39.4. The fraction of sp³-hybridized carbons (Fsp3) is 0. The van der Waals surface area contributed by atoms with Crippen LogP contribution in [0, 0.1) is 0 Å². The SMILES string of the molecule is [F-].[O-]B([O-])[O-].[O-]B([O-])[O-].[O-]B([O-])[O-].[O-]B([O-])[O-].c1c[nH+]c[nH]1.c1c[nH+]c[nH]1.c1c[nH+]c[nH]1.c1c[nH+]c[nH]1.c1c[nH+]c[nH]1.c1c[nH+]c[nH]1.c1c[nH+]c[nH]1.c1c[nH+]c[nH]1.c1c[nH+]c[nH]1.c1c[nH+]c[nH]1.c1c[nH+]c[nH]1.c1c[nH+]c[nH]1.c1c[nH+]c[nH]1. The molecular formula is C39H65B4FN26O12. The van der Waals surface area contributed by atoms with E-state index in [9.17, 15) is 0 Å². The second-order valence-corrected chi connectivity index (χ2v) is 11.7. The molecule has 82 heavy (non-hydrogen) atoms. The molecule has 0 aliphatic carbocycles. The lowest BCUT2D eigenvalue weighted by molar-refractivity contribution is -0.481. The van der Waals surface area contributed by atoms with Crippen molar-refractivity contribution in [3.63, 3.8) is 0 Å². The van der Waals surface area contributed by atoms with Gasteiger partial charge in [0.2, 0.25) is 82.3 Å². The van der Waals surface area contributed by atoms with Crippen molar-refractivity contribution in [2.75, 3.05) is 0 Å². The van der Waals surface area contributed by atoms with E-state index >= 15 is 0 Å². The number of rotatable bonds is 0. The van der Waals surface area contributed by atoms with Crippen molar-refractivity contribution in [3.8, 4) is 0 Å². The summed E-state index contributed by atoms with van der Waals surface area (Å²) in [5.41, 5.74) is 0. The minimum absolute atomic E-state index is 0. The molecule has 0 fully saturated rings. The molecule has 0 radical (unpaired) electrons. The Labute approximate surface area is 466 Å². The minimum Gasteiger partial charge on any atom is -1.00 e. The fourth-order valence-electron chi connectivity index (χ4n) is 3.13. The predicted octanol–water partition coefficient (Wildman–Crippen LogP) is -21.0. The number of hydrogen-bond donors (Lipinski definition) is 13. The van der Waals surface area contributed by atoms with E-state index in [4.69, 9.17) is 60.3 Å². The maximum absolute atomic E-state index is 8.42. The standard InChI is InChI=1S/13C3H4N2.4BO3.FH/c13*1-2-5-3-4-1;4*2-1(3)4;/h13*1-3H,(H,4,5);;;;;1H/q;;;;;;;;;;;;;4*-3;/p+12. The summed E-state index contributed by atoms with van der Waals surface area (Å²) >= 11 is 0. The molecule has 26 N–H and O–H groups in total. The predicted molar refractivity (Wildman–Crippen MR) is 249 cm³/mol. The van der Waals surface area contributed by atoms with E-state index in [1.807, 2.05) is 161 Å². The van der Waals surface area contributed by atoms with Crippen LogP contribution in [0.25, 0.3) is 0 Å². The van der Waals surface area contributed by atoms with Gasteiger partial charge in [-0.3, -0.25) is 159 Å². The van der Waals surface area contributed by atoms with E-state index in [-0.39, 0.29) is 4.70 Å². The molecule has 0 aromatic carbocycles. The van der Waals surface area contributed by atoms with Crippen LogP contribution in [0.4, 0.5) is 0 Å². The molecule has 0 bridgehead atoms. The highest BCUT2D eigenvalue weighted by Crippen LogP contribution is 1.59. The third-order valence-electron chi connectivity index (χ3n) is 5.75. The topological polar surface area (TPSA) is 666 Å². The van der Waals surface area contributed by atoms with Crippen LogP contribution >= 0.6 is 0 Å². The lowest BCUT2D eigenvalue weighted by Crippen LogP contribution is -3.00. The van der Waals surface area contributed by atoms with Crippen molar-refractivity contribution < 1.29 is 130 Å². The molecule has 442 valence electrons. The van der Waals surface area contributed by atoms with Crippen molar-refractivity contribution in [1.82, 2.24) is 64.8 Å². The van der Waals surface area contributed by atoms with E-state index in [0.29, 0.717) is 0 Å². The van der Waals surface area contributed by atoms with Crippen LogP contribution < -0.4 is 130 Å². The molecule has 13 aromatic heterocycles. The van der Waals surface area contributed by atoms with Gasteiger partial charge in [0.1, 0.15) is 161 Å². The second-order valence-electron chi connectivity index (χ2n) is 11.7. The van der Waals surface area contributed by atoms with Gasteiger partial charge in [0.15, 0.2) is 0 Å². The van der Waals surface area contributed by atoms with Gasteiger partial charge < -0.3 is 65.0 Å². The van der Waals surface area contributed by atoms with Gasteiger partial charge in [-0.1, -0.05) is 0 Å². The average molecular weight is 1150 g/mol. The first kappa shape index (κ1) is 80.3. The number of halogens is 1. The summed E-state index contributed by atoms with van der Waals surface area (Å²) in [4.78, 5) is 72.9. The number of nitrogens with one attached hydrogen (secondary N) is 26. The summed E-state index contributed by atoms with van der Waals surface area (Å²) < 4.78 is 0. The van der Waals surface area contributed by atoms with Gasteiger partial charge in [-0.2, -0.15) is 0 Å². The van der Waals surface area contributed by atoms with Gasteiger partial charge in [0, 0.05) is 0 Å². The highest BCUT2D eigenvalue weighted by Gasteiger charge is 1.71. The van der Waals surface area contributed by atoms with E-state index in [1.54, 1.807) is 82.3 Å². The molecule has 0 saturated heterocycles. The minimum atomic E-state index is -2.92. The quantitative estimate of drug-likeness (QED) is 0.0630. The van der Waals surface area contributed by atoms with Crippen LogP contribution in [0.2, 0.25) is 0 Å². The molecule has 13 heterocycles. The lowest BCUT2D eigenvalue weighted by atomic mass is 10.3. The molecule has 0 saturated carbocycles. The van der Waals surface area contributed by atoms with Crippen molar-refractivity contribution >= 4 is 29.3 Å². The largest absolute Gasteiger partial charge is 1.00 e. The zero-order valence-corrected chi connectivity index (χ0v) is 43.1. The maximum Gasteiger partial charge on any atom is 0.239 e. The van der Waals surface area contributed by atoms with Gasteiger partial charge >= 0.3 is 0 Å². The number of aromatic nitrogens is 26. The smallest absolute Gasteiger partial charge is 0.239 e. The summed E-state index contributed by atoms with van der Waals surface area (Å²) in [5.74, 6) is 0. The first-order valence-electron chi connectivity index (χ1n) is 22.2. The monoisotopic (exact) mass is 1150 g/mol. The highest BCUT2D eigenvalue weighted by atomic mass is 19.0. The van der Waals surface area contributed by atoms with Gasteiger partial charge in [-0.25, -0.2) is 0 Å². The summed E-state index contributed by atoms with van der Waals surface area (Å²) in [6.45, 7) is 0. The van der Waals surface area contributed by atoms with Gasteiger partial charge in [-0.15, -0.1) is 0 Å². The van der Waals surface area contributed by atoms with Gasteiger partial charge in [0.25, 0.3) is 0 Å². The maximum atomic E-state index is 8.42. The average Bonchev–Trinajstić information content (AvgIpc) is 4.34. The first-order valence-corrected chi connectivity index (χ1v) is 22.2. The van der Waals surface area contributed by atoms with Crippen LogP contribution in [0.1, 0.15) is 0 Å². The molecule has 0 unspecified atom stereocenters. The molecule has 0 atom stereocenters. The van der Waals surface area contributed by atoms with Crippen molar-refractivity contribution in [1.29, 1.82) is 0 Å². The van der Waals surface area contributed by atoms with Gasteiger partial charge in [-0.05, 0) is 0 Å². The third-order valence-corrected chi connectivity index (χ3v) is 5.75. The molecule has 0 amide bonds. The van der Waals surface area contributed by atoms with E-state index in [2.05, 4.69) is 130 Å². The normalized spacial score (nSPS) is 7.66. The van der Waals surface area contributed by atoms with Crippen LogP contribution in [-0.2, 0) is 0 Å². The zero-order chi connectivity index (χ0) is 60.3. The summed E-state index contributed by atoms with van der Waals surface area (Å²) in [7, 11) is -11.7. The molecule has 0 aliphatic rings. The van der Waals surface area contributed by atoms with Crippen molar-refractivity contribution in [2.24, 2.45) is 0 Å². The van der Waals surface area contributed by atoms with Crippen LogP contribution in [-0.4, -0.2) is 94.1 Å². The molecule has 38 nitrogen and oxygen atoms in total. The highest BCUT2D eigenvalue weighted by molar-refractivity contribution is 6.24. The zero-order valence-electron chi connectivity index (χ0n) is 43.1. The number of H-pyrrole nitrogens is 26. The molecule has 43 heteroatoms. The molecular weight excluding hydrogens is 1090 g/mol. The Balaban J connectivity index is -0.000000256. The van der Waals surface area contributed by atoms with E-state index in [0.717, 1.165) is 0 Å². The second kappa shape index (κ2) is 76.9. The van der Waals surface area contributed by atoms with Gasteiger partial charge in [0.05, 0.1) is 0 Å². The Kier molecular flexibility index (Phi) is 75.4. The van der Waals surface area contributed by atoms with Crippen LogP contribution in [0.3, 0.4) is 0 Å². The molecule has 0 aliphatic heterocycles.